The van der Waals surface area contributed by atoms with E-state index in [9.17, 15) is 4.79 Å². The van der Waals surface area contributed by atoms with Crippen LogP contribution in [0.15, 0.2) is 52.5 Å². The monoisotopic (exact) mass is 355 g/mol. The number of ether oxygens (including phenoxy) is 3. The molecule has 0 N–H and O–H groups in total. The number of hydrogen-bond donors (Lipinski definition) is 0. The molecule has 0 saturated carbocycles. The molecule has 0 unspecified atom stereocenters. The molecular weight excluding hydrogens is 338 g/mol. The molecule has 6 heteroatoms. The lowest BCUT2D eigenvalue weighted by molar-refractivity contribution is -0.129. The Morgan fingerprint density at radius 1 is 1.28 bits per heavy atom. The first-order valence-electron chi connectivity index (χ1n) is 8.19. The molecule has 5 nitrogen and oxygen atoms in total. The van der Waals surface area contributed by atoms with Crippen molar-refractivity contribution in [3.05, 3.63) is 57.9 Å². The Kier molecular flexibility index (Phi) is 4.63. The van der Waals surface area contributed by atoms with Gasteiger partial charge in [-0.1, -0.05) is 18.2 Å². The second-order valence-electron chi connectivity index (χ2n) is 5.83. The third-order valence-electron chi connectivity index (χ3n) is 4.00. The number of aliphatic imine (C=N–C) groups is 1. The number of carbonyl (C=O) groups is 1. The van der Waals surface area contributed by atoms with Crippen LogP contribution in [0.25, 0.3) is 6.08 Å². The number of esters is 1. The highest BCUT2D eigenvalue weighted by Gasteiger charge is 2.24. The predicted octanol–water partition coefficient (Wildman–Crippen LogP) is 3.65. The molecule has 2 aromatic rings. The summed E-state index contributed by atoms with van der Waals surface area (Å²) >= 11 is 1.49. The first-order valence-corrected chi connectivity index (χ1v) is 9.07. The molecule has 1 aromatic heterocycles. The molecule has 0 spiro atoms. The molecule has 25 heavy (non-hydrogen) atoms. The van der Waals surface area contributed by atoms with E-state index in [2.05, 4.69) is 4.99 Å². The van der Waals surface area contributed by atoms with Crippen molar-refractivity contribution in [2.75, 3.05) is 13.2 Å². The van der Waals surface area contributed by atoms with Gasteiger partial charge in [-0.15, -0.1) is 11.3 Å². The molecule has 0 radical (unpaired) electrons. The number of nitrogens with zero attached hydrogens (tertiary/aromatic N) is 1. The van der Waals surface area contributed by atoms with Crippen LogP contribution in [-0.4, -0.2) is 31.2 Å². The summed E-state index contributed by atoms with van der Waals surface area (Å²) in [5, 5.41) is 1.92. The summed E-state index contributed by atoms with van der Waals surface area (Å²) in [6.07, 6.45) is 4.06. The zero-order chi connectivity index (χ0) is 17.1. The second kappa shape index (κ2) is 7.21. The number of benzene rings is 1. The highest BCUT2D eigenvalue weighted by molar-refractivity contribution is 7.12. The normalized spacial score (nSPS) is 21.4. The predicted molar refractivity (Wildman–Crippen MR) is 95.8 cm³/mol. The van der Waals surface area contributed by atoms with Crippen LogP contribution in [0.2, 0.25) is 0 Å². The van der Waals surface area contributed by atoms with E-state index in [-0.39, 0.29) is 6.10 Å². The molecule has 3 heterocycles. The van der Waals surface area contributed by atoms with Crippen molar-refractivity contribution >= 4 is 29.3 Å². The minimum absolute atomic E-state index is 0.195. The maximum Gasteiger partial charge on any atom is 0.363 e. The lowest BCUT2D eigenvalue weighted by atomic mass is 10.2. The molecule has 1 atom stereocenters. The number of thiophene rings is 1. The molecule has 0 amide bonds. The Morgan fingerprint density at radius 3 is 2.88 bits per heavy atom. The summed E-state index contributed by atoms with van der Waals surface area (Å²) in [6.45, 7) is 1.39. The fourth-order valence-electron chi connectivity index (χ4n) is 2.70. The van der Waals surface area contributed by atoms with Crippen LogP contribution in [0.3, 0.4) is 0 Å². The van der Waals surface area contributed by atoms with Crippen molar-refractivity contribution in [2.24, 2.45) is 4.99 Å². The number of carbonyl (C=O) groups excluding carboxylic acids is 1. The fourth-order valence-corrected chi connectivity index (χ4v) is 3.35. The van der Waals surface area contributed by atoms with E-state index < -0.39 is 5.97 Å². The molecule has 1 saturated heterocycles. The minimum atomic E-state index is -0.429. The number of cyclic esters (lactones) is 1. The quantitative estimate of drug-likeness (QED) is 0.607. The maximum absolute atomic E-state index is 12.0. The van der Waals surface area contributed by atoms with Crippen LogP contribution < -0.4 is 4.74 Å². The largest absolute Gasteiger partial charge is 0.491 e. The van der Waals surface area contributed by atoms with Crippen LogP contribution in [0.1, 0.15) is 23.3 Å². The summed E-state index contributed by atoms with van der Waals surface area (Å²) in [4.78, 5) is 17.1. The Balaban J connectivity index is 1.43. The summed E-state index contributed by atoms with van der Waals surface area (Å²) < 4.78 is 16.5. The third kappa shape index (κ3) is 3.81. The van der Waals surface area contributed by atoms with E-state index in [4.69, 9.17) is 14.2 Å². The van der Waals surface area contributed by atoms with Gasteiger partial charge in [-0.3, -0.25) is 0 Å². The summed E-state index contributed by atoms with van der Waals surface area (Å²) in [5.74, 6) is 0.722. The van der Waals surface area contributed by atoms with Gasteiger partial charge in [0, 0.05) is 6.61 Å². The van der Waals surface area contributed by atoms with Crippen molar-refractivity contribution in [1.29, 1.82) is 0 Å². The van der Waals surface area contributed by atoms with Gasteiger partial charge in [0.2, 0.25) is 5.90 Å². The van der Waals surface area contributed by atoms with Gasteiger partial charge in [-0.25, -0.2) is 9.79 Å². The van der Waals surface area contributed by atoms with E-state index in [1.54, 1.807) is 6.08 Å². The minimum Gasteiger partial charge on any atom is -0.491 e. The molecule has 1 fully saturated rings. The number of hydrogen-bond acceptors (Lipinski definition) is 6. The van der Waals surface area contributed by atoms with Gasteiger partial charge >= 0.3 is 5.97 Å². The van der Waals surface area contributed by atoms with E-state index >= 15 is 0 Å². The Hall–Kier alpha value is -2.44. The Bertz CT molecular complexity index is 802. The highest BCUT2D eigenvalue weighted by Crippen LogP contribution is 2.23. The van der Waals surface area contributed by atoms with Crippen molar-refractivity contribution in [3.8, 4) is 5.75 Å². The molecule has 1 aromatic carbocycles. The Morgan fingerprint density at radius 2 is 2.16 bits per heavy atom. The maximum atomic E-state index is 12.0. The van der Waals surface area contributed by atoms with Crippen LogP contribution in [0.5, 0.6) is 5.75 Å². The zero-order valence-corrected chi connectivity index (χ0v) is 14.3. The summed E-state index contributed by atoms with van der Waals surface area (Å²) in [5.41, 5.74) is 1.17. The molecule has 2 aliphatic heterocycles. The Labute approximate surface area is 149 Å². The first kappa shape index (κ1) is 16.1. The van der Waals surface area contributed by atoms with Crippen LogP contribution >= 0.6 is 11.3 Å². The van der Waals surface area contributed by atoms with Crippen molar-refractivity contribution in [3.63, 3.8) is 0 Å². The van der Waals surface area contributed by atoms with Crippen LogP contribution in [0, 0.1) is 0 Å². The zero-order valence-electron chi connectivity index (χ0n) is 13.5. The molecular formula is C19H17NO4S. The molecule has 0 bridgehead atoms. The summed E-state index contributed by atoms with van der Waals surface area (Å²) in [7, 11) is 0. The van der Waals surface area contributed by atoms with Gasteiger partial charge in [-0.2, -0.15) is 0 Å². The molecule has 4 rings (SSSR count). The number of rotatable bonds is 5. The van der Waals surface area contributed by atoms with Gasteiger partial charge in [0.25, 0.3) is 0 Å². The lowest BCUT2D eigenvalue weighted by Crippen LogP contribution is -2.16. The third-order valence-corrected chi connectivity index (χ3v) is 4.85. The average molecular weight is 355 g/mol. The van der Waals surface area contributed by atoms with Gasteiger partial charge in [-0.05, 0) is 48.1 Å². The van der Waals surface area contributed by atoms with Crippen LogP contribution in [0.4, 0.5) is 0 Å². The topological polar surface area (TPSA) is 57.1 Å². The van der Waals surface area contributed by atoms with Gasteiger partial charge in [0.05, 0.1) is 11.0 Å². The summed E-state index contributed by atoms with van der Waals surface area (Å²) in [6, 6.07) is 11.3. The van der Waals surface area contributed by atoms with Crippen molar-refractivity contribution in [1.82, 2.24) is 0 Å². The standard InChI is InChI=1S/C19H17NO4S/c21-19-16(20-18(24-19)17-4-2-10-25-17)11-13-5-7-14(8-6-13)23-12-15-3-1-9-22-15/h2,4-8,10-11,15H,1,3,9,12H2/b16-11-/t15-/m1/s1. The fraction of sp³-hybridized carbons (Fsp3) is 0.263. The molecule has 2 aliphatic rings. The lowest BCUT2D eigenvalue weighted by Gasteiger charge is -2.11. The SMILES string of the molecule is O=C1OC(c2cccs2)=N/C1=C\c1ccc(OC[C@H]2CCCO2)cc1. The first-order chi connectivity index (χ1) is 12.3. The van der Waals surface area contributed by atoms with Crippen molar-refractivity contribution in [2.45, 2.75) is 18.9 Å². The average Bonchev–Trinajstić information content (AvgIpc) is 3.37. The van der Waals surface area contributed by atoms with Gasteiger partial charge < -0.3 is 14.2 Å². The highest BCUT2D eigenvalue weighted by atomic mass is 32.1. The molecule has 128 valence electrons. The van der Waals surface area contributed by atoms with E-state index in [1.165, 1.54) is 11.3 Å². The molecule has 0 aliphatic carbocycles. The van der Waals surface area contributed by atoms with E-state index in [0.717, 1.165) is 35.6 Å². The van der Waals surface area contributed by atoms with E-state index in [1.807, 2.05) is 41.8 Å². The van der Waals surface area contributed by atoms with Gasteiger partial charge in [0.1, 0.15) is 12.4 Å². The van der Waals surface area contributed by atoms with Gasteiger partial charge in [0.15, 0.2) is 5.70 Å². The van der Waals surface area contributed by atoms with Crippen LogP contribution in [-0.2, 0) is 14.3 Å². The smallest absolute Gasteiger partial charge is 0.363 e. The second-order valence-corrected chi connectivity index (χ2v) is 6.78. The van der Waals surface area contributed by atoms with E-state index in [0.29, 0.717) is 18.2 Å². The van der Waals surface area contributed by atoms with Crippen molar-refractivity contribution < 1.29 is 19.0 Å².